The van der Waals surface area contributed by atoms with Crippen molar-refractivity contribution in [2.24, 2.45) is 0 Å². The highest BCUT2D eigenvalue weighted by atomic mass is 32.1. The van der Waals surface area contributed by atoms with Gasteiger partial charge in [-0.2, -0.15) is 10.2 Å². The van der Waals surface area contributed by atoms with Gasteiger partial charge < -0.3 is 4.74 Å². The van der Waals surface area contributed by atoms with E-state index in [9.17, 15) is 4.79 Å². The lowest BCUT2D eigenvalue weighted by Crippen LogP contribution is -2.26. The Morgan fingerprint density at radius 1 is 1.36 bits per heavy atom. The topological polar surface area (TPSA) is 89.8 Å². The van der Waals surface area contributed by atoms with Gasteiger partial charge in [0.25, 0.3) is 5.91 Å². The molecule has 3 heterocycles. The standard InChI is InChI=1S/C16H16N6O2S/c23-15(11-4-6-12(7-5-11)21-9-2-8-17-21)20-22-14(18-19-16(22)25)13-3-1-10-24-13/h2,4-9,13H,1,3,10H2,(H,19,25)(H,20,23)/t13-/m1/s1. The van der Waals surface area contributed by atoms with Crippen molar-refractivity contribution in [2.45, 2.75) is 18.9 Å². The van der Waals surface area contributed by atoms with Gasteiger partial charge in [0.15, 0.2) is 5.82 Å². The summed E-state index contributed by atoms with van der Waals surface area (Å²) in [7, 11) is 0. The molecule has 1 aliphatic heterocycles. The summed E-state index contributed by atoms with van der Waals surface area (Å²) < 4.78 is 9.16. The van der Waals surface area contributed by atoms with Gasteiger partial charge in [-0.3, -0.25) is 15.3 Å². The summed E-state index contributed by atoms with van der Waals surface area (Å²) in [4.78, 5) is 12.5. The van der Waals surface area contributed by atoms with Gasteiger partial charge in [-0.05, 0) is 55.4 Å². The summed E-state index contributed by atoms with van der Waals surface area (Å²) in [6.45, 7) is 0.688. The molecule has 1 aliphatic rings. The van der Waals surface area contributed by atoms with Crippen molar-refractivity contribution in [3.05, 3.63) is 58.9 Å². The van der Waals surface area contributed by atoms with E-state index in [0.29, 0.717) is 22.8 Å². The minimum absolute atomic E-state index is 0.157. The van der Waals surface area contributed by atoms with Crippen molar-refractivity contribution in [1.82, 2.24) is 24.7 Å². The van der Waals surface area contributed by atoms with Crippen LogP contribution in [0.5, 0.6) is 0 Å². The molecule has 0 aliphatic carbocycles. The van der Waals surface area contributed by atoms with Gasteiger partial charge in [0.1, 0.15) is 6.10 Å². The smallest absolute Gasteiger partial charge is 0.270 e. The second kappa shape index (κ2) is 6.61. The Hall–Kier alpha value is -2.78. The predicted molar refractivity (Wildman–Crippen MR) is 92.6 cm³/mol. The van der Waals surface area contributed by atoms with Crippen LogP contribution in [-0.4, -0.2) is 37.2 Å². The number of hydrogen-bond donors (Lipinski definition) is 2. The Bertz CT molecular complexity index is 922. The minimum atomic E-state index is -0.274. The highest BCUT2D eigenvalue weighted by Crippen LogP contribution is 2.26. The zero-order chi connectivity index (χ0) is 17.2. The van der Waals surface area contributed by atoms with Crippen LogP contribution in [0.3, 0.4) is 0 Å². The van der Waals surface area contributed by atoms with Crippen LogP contribution in [0.15, 0.2) is 42.7 Å². The molecule has 1 aromatic carbocycles. The molecule has 2 N–H and O–H groups in total. The summed E-state index contributed by atoms with van der Waals surface area (Å²) in [5.74, 6) is 0.313. The van der Waals surface area contributed by atoms with Gasteiger partial charge in [-0.25, -0.2) is 9.36 Å². The Balaban J connectivity index is 1.54. The molecule has 1 fully saturated rings. The predicted octanol–water partition coefficient (Wildman–Crippen LogP) is 2.36. The number of amides is 1. The molecule has 1 atom stereocenters. The fourth-order valence-corrected chi connectivity index (χ4v) is 2.95. The summed E-state index contributed by atoms with van der Waals surface area (Å²) in [5.41, 5.74) is 4.17. The lowest BCUT2D eigenvalue weighted by atomic mass is 10.2. The molecule has 4 rings (SSSR count). The Morgan fingerprint density at radius 3 is 2.88 bits per heavy atom. The number of benzene rings is 1. The van der Waals surface area contributed by atoms with Crippen LogP contribution >= 0.6 is 12.2 Å². The van der Waals surface area contributed by atoms with Gasteiger partial charge in [0, 0.05) is 24.6 Å². The van der Waals surface area contributed by atoms with Gasteiger partial charge in [0.2, 0.25) is 4.77 Å². The summed E-state index contributed by atoms with van der Waals surface area (Å²) in [6.07, 6.45) is 5.21. The highest BCUT2D eigenvalue weighted by Gasteiger charge is 2.24. The van der Waals surface area contributed by atoms with Crippen molar-refractivity contribution < 1.29 is 9.53 Å². The largest absolute Gasteiger partial charge is 0.370 e. The van der Waals surface area contributed by atoms with Gasteiger partial charge in [-0.1, -0.05) is 0 Å². The SMILES string of the molecule is O=C(Nn1c([C@H]2CCCO2)n[nH]c1=S)c1ccc(-n2cccn2)cc1. The first-order chi connectivity index (χ1) is 12.2. The maximum Gasteiger partial charge on any atom is 0.270 e. The molecule has 8 nitrogen and oxygen atoms in total. The van der Waals surface area contributed by atoms with E-state index in [1.807, 2.05) is 24.4 Å². The second-order valence-corrected chi connectivity index (χ2v) is 6.05. The Morgan fingerprint density at radius 2 is 2.20 bits per heavy atom. The van der Waals surface area contributed by atoms with E-state index in [0.717, 1.165) is 18.5 Å². The van der Waals surface area contributed by atoms with Gasteiger partial charge in [0.05, 0.1) is 5.69 Å². The fourth-order valence-electron chi connectivity index (χ4n) is 2.77. The van der Waals surface area contributed by atoms with Crippen molar-refractivity contribution >= 4 is 18.1 Å². The number of H-pyrrole nitrogens is 1. The monoisotopic (exact) mass is 356 g/mol. The molecule has 1 amide bonds. The second-order valence-electron chi connectivity index (χ2n) is 5.66. The molecule has 128 valence electrons. The van der Waals surface area contributed by atoms with E-state index in [1.54, 1.807) is 23.0 Å². The highest BCUT2D eigenvalue weighted by molar-refractivity contribution is 7.71. The van der Waals surface area contributed by atoms with Crippen LogP contribution in [-0.2, 0) is 4.74 Å². The molecule has 0 bridgehead atoms. The fraction of sp³-hybridized carbons (Fsp3) is 0.250. The molecule has 0 unspecified atom stereocenters. The number of rotatable bonds is 4. The van der Waals surface area contributed by atoms with Gasteiger partial charge >= 0.3 is 0 Å². The third-order valence-corrected chi connectivity index (χ3v) is 4.30. The summed E-state index contributed by atoms with van der Waals surface area (Å²) in [6, 6.07) is 8.98. The molecule has 0 saturated carbocycles. The quantitative estimate of drug-likeness (QED) is 0.701. The molecule has 1 saturated heterocycles. The number of ether oxygens (including phenoxy) is 1. The van der Waals surface area contributed by atoms with Crippen molar-refractivity contribution in [3.63, 3.8) is 0 Å². The summed E-state index contributed by atoms with van der Waals surface area (Å²) in [5, 5.41) is 11.1. The van der Waals surface area contributed by atoms with E-state index in [2.05, 4.69) is 20.7 Å². The third kappa shape index (κ3) is 3.11. The van der Waals surface area contributed by atoms with Crippen LogP contribution in [0.25, 0.3) is 5.69 Å². The molecule has 25 heavy (non-hydrogen) atoms. The first-order valence-corrected chi connectivity index (χ1v) is 8.33. The van der Waals surface area contributed by atoms with Crippen molar-refractivity contribution in [1.29, 1.82) is 0 Å². The zero-order valence-corrected chi connectivity index (χ0v) is 14.1. The zero-order valence-electron chi connectivity index (χ0n) is 13.3. The number of aromatic nitrogens is 5. The molecule has 3 aromatic rings. The number of nitrogens with one attached hydrogen (secondary N) is 2. The number of hydrogen-bond acceptors (Lipinski definition) is 5. The molecular formula is C16H16N6O2S. The number of carbonyl (C=O) groups is 1. The van der Waals surface area contributed by atoms with Gasteiger partial charge in [-0.15, -0.1) is 0 Å². The third-order valence-electron chi connectivity index (χ3n) is 4.03. The number of aromatic amines is 1. The molecular weight excluding hydrogens is 340 g/mol. The Kier molecular flexibility index (Phi) is 4.16. The van der Waals surface area contributed by atoms with E-state index in [4.69, 9.17) is 17.0 Å². The molecule has 0 radical (unpaired) electrons. The first-order valence-electron chi connectivity index (χ1n) is 7.93. The van der Waals surface area contributed by atoms with Crippen LogP contribution in [0.1, 0.15) is 35.1 Å². The van der Waals surface area contributed by atoms with E-state index in [1.165, 1.54) is 4.68 Å². The molecule has 2 aromatic heterocycles. The number of nitrogens with zero attached hydrogens (tertiary/aromatic N) is 4. The lowest BCUT2D eigenvalue weighted by Gasteiger charge is -2.12. The van der Waals surface area contributed by atoms with E-state index in [-0.39, 0.29) is 12.0 Å². The normalized spacial score (nSPS) is 16.9. The first kappa shape index (κ1) is 15.7. The van der Waals surface area contributed by atoms with E-state index < -0.39 is 0 Å². The van der Waals surface area contributed by atoms with Crippen LogP contribution in [0, 0.1) is 4.77 Å². The van der Waals surface area contributed by atoms with Crippen molar-refractivity contribution in [2.75, 3.05) is 12.0 Å². The van der Waals surface area contributed by atoms with E-state index >= 15 is 0 Å². The average Bonchev–Trinajstić information content (AvgIpc) is 3.38. The summed E-state index contributed by atoms with van der Waals surface area (Å²) >= 11 is 5.21. The maximum absolute atomic E-state index is 12.5. The lowest BCUT2D eigenvalue weighted by molar-refractivity contribution is 0.0969. The molecule has 9 heteroatoms. The van der Waals surface area contributed by atoms with Crippen LogP contribution in [0.4, 0.5) is 0 Å². The van der Waals surface area contributed by atoms with Crippen LogP contribution < -0.4 is 5.43 Å². The average molecular weight is 356 g/mol. The van der Waals surface area contributed by atoms with Crippen molar-refractivity contribution in [3.8, 4) is 5.69 Å². The molecule has 0 spiro atoms. The number of carbonyl (C=O) groups excluding carboxylic acids is 1. The Labute approximate surface area is 148 Å². The maximum atomic E-state index is 12.5. The van der Waals surface area contributed by atoms with Crippen LogP contribution in [0.2, 0.25) is 0 Å². The minimum Gasteiger partial charge on any atom is -0.370 e.